The molecule has 1 unspecified atom stereocenters. The van der Waals surface area contributed by atoms with Gasteiger partial charge in [0.15, 0.2) is 5.78 Å². The Morgan fingerprint density at radius 2 is 1.89 bits per heavy atom. The molecule has 0 aromatic heterocycles. The molecule has 3 rings (SSSR count). The van der Waals surface area contributed by atoms with Crippen LogP contribution in [0.1, 0.15) is 45.1 Å². The van der Waals surface area contributed by atoms with Crippen LogP contribution in [0, 0.1) is 11.3 Å². The van der Waals surface area contributed by atoms with E-state index in [0.29, 0.717) is 35.8 Å². The quantitative estimate of drug-likeness (QED) is 0.541. The number of hydrogen-bond donors (Lipinski definition) is 0. The topological polar surface area (TPSA) is 65.0 Å². The molecule has 28 heavy (non-hydrogen) atoms. The lowest BCUT2D eigenvalue weighted by Crippen LogP contribution is -2.39. The van der Waals surface area contributed by atoms with Gasteiger partial charge in [0.25, 0.3) is 0 Å². The second kappa shape index (κ2) is 8.18. The van der Waals surface area contributed by atoms with Crippen LogP contribution in [0.3, 0.4) is 0 Å². The first-order chi connectivity index (χ1) is 13.2. The van der Waals surface area contributed by atoms with Crippen LogP contribution < -0.4 is 0 Å². The summed E-state index contributed by atoms with van der Waals surface area (Å²) >= 11 is 6.06. The van der Waals surface area contributed by atoms with E-state index in [-0.39, 0.29) is 23.8 Å². The van der Waals surface area contributed by atoms with Gasteiger partial charge in [-0.2, -0.15) is 0 Å². The minimum absolute atomic E-state index is 0.0529. The highest BCUT2D eigenvalue weighted by atomic mass is 35.5. The van der Waals surface area contributed by atoms with Crippen LogP contribution >= 0.6 is 11.6 Å². The molecule has 0 spiro atoms. The average Bonchev–Trinajstić information content (AvgIpc) is 2.60. The van der Waals surface area contributed by atoms with Gasteiger partial charge in [0.2, 0.25) is 0 Å². The third-order valence-electron chi connectivity index (χ3n) is 5.32. The molecule has 0 fully saturated rings. The molecule has 0 saturated carbocycles. The fourth-order valence-corrected chi connectivity index (χ4v) is 4.22. The standard InChI is InChI=1S/C22H26ClNO4/c1-13-18(21(26)28-10-9-27-4)19(14-5-7-15(23)8-6-14)20-16(24-13)11-22(2,3)12-17(20)25/h5-8,18-19H,9-12H2,1-4H3/t18?,19-/m0/s1. The van der Waals surface area contributed by atoms with Crippen LogP contribution in [0.4, 0.5) is 0 Å². The van der Waals surface area contributed by atoms with Crippen molar-refractivity contribution in [3.8, 4) is 0 Å². The lowest BCUT2D eigenvalue weighted by molar-refractivity contribution is -0.147. The van der Waals surface area contributed by atoms with Crippen molar-refractivity contribution in [2.45, 2.75) is 39.5 Å². The first-order valence-electron chi connectivity index (χ1n) is 9.46. The molecule has 1 heterocycles. The van der Waals surface area contributed by atoms with Gasteiger partial charge in [0, 0.05) is 41.5 Å². The monoisotopic (exact) mass is 403 g/mol. The van der Waals surface area contributed by atoms with Crippen molar-refractivity contribution >= 4 is 29.1 Å². The number of carbonyl (C=O) groups excluding carboxylic acids is 2. The number of methoxy groups -OCH3 is 1. The number of ketones is 1. The van der Waals surface area contributed by atoms with Crippen molar-refractivity contribution in [3.05, 3.63) is 46.1 Å². The molecule has 0 radical (unpaired) electrons. The van der Waals surface area contributed by atoms with Gasteiger partial charge >= 0.3 is 5.97 Å². The predicted octanol–water partition coefficient (Wildman–Crippen LogP) is 4.35. The first-order valence-corrected chi connectivity index (χ1v) is 9.84. The summed E-state index contributed by atoms with van der Waals surface area (Å²) in [5, 5.41) is 0.606. The second-order valence-corrected chi connectivity index (χ2v) is 8.66. The number of ether oxygens (including phenoxy) is 2. The van der Waals surface area contributed by atoms with E-state index >= 15 is 0 Å². The van der Waals surface area contributed by atoms with Crippen molar-refractivity contribution in [2.75, 3.05) is 20.3 Å². The van der Waals surface area contributed by atoms with Gasteiger partial charge in [-0.3, -0.25) is 14.6 Å². The third kappa shape index (κ3) is 4.20. The zero-order valence-corrected chi connectivity index (χ0v) is 17.5. The maximum absolute atomic E-state index is 13.1. The summed E-state index contributed by atoms with van der Waals surface area (Å²) < 4.78 is 10.4. The molecule has 0 saturated heterocycles. The zero-order chi connectivity index (χ0) is 20.5. The van der Waals surface area contributed by atoms with E-state index in [1.54, 1.807) is 19.2 Å². The summed E-state index contributed by atoms with van der Waals surface area (Å²) in [6, 6.07) is 7.31. The Hall–Kier alpha value is -1.98. The Morgan fingerprint density at radius 1 is 1.21 bits per heavy atom. The normalized spacial score (nSPS) is 23.9. The van der Waals surface area contributed by atoms with Gasteiger partial charge in [0.1, 0.15) is 12.5 Å². The van der Waals surface area contributed by atoms with Gasteiger partial charge in [-0.05, 0) is 36.5 Å². The van der Waals surface area contributed by atoms with Crippen molar-refractivity contribution in [3.63, 3.8) is 0 Å². The average molecular weight is 404 g/mol. The van der Waals surface area contributed by atoms with E-state index in [0.717, 1.165) is 11.3 Å². The predicted molar refractivity (Wildman–Crippen MR) is 109 cm³/mol. The first kappa shape index (κ1) is 20.7. The van der Waals surface area contributed by atoms with E-state index in [1.165, 1.54) is 0 Å². The van der Waals surface area contributed by atoms with E-state index in [9.17, 15) is 9.59 Å². The number of benzene rings is 1. The minimum atomic E-state index is -0.637. The van der Waals surface area contributed by atoms with Gasteiger partial charge in [-0.1, -0.05) is 37.6 Å². The molecule has 1 aromatic rings. The zero-order valence-electron chi connectivity index (χ0n) is 16.8. The van der Waals surface area contributed by atoms with E-state index in [1.807, 2.05) is 19.1 Å². The van der Waals surface area contributed by atoms with Crippen LogP contribution in [0.2, 0.25) is 5.02 Å². The van der Waals surface area contributed by atoms with E-state index < -0.39 is 11.8 Å². The number of nitrogens with zero attached hydrogens (tertiary/aromatic N) is 1. The smallest absolute Gasteiger partial charge is 0.315 e. The number of carbonyl (C=O) groups is 2. The Morgan fingerprint density at radius 3 is 2.54 bits per heavy atom. The van der Waals surface area contributed by atoms with Gasteiger partial charge < -0.3 is 9.47 Å². The molecule has 0 amide bonds. The Labute approximate surface area is 170 Å². The molecule has 2 aliphatic rings. The summed E-state index contributed by atoms with van der Waals surface area (Å²) in [4.78, 5) is 30.7. The number of esters is 1. The summed E-state index contributed by atoms with van der Waals surface area (Å²) in [7, 11) is 1.55. The molecule has 0 N–H and O–H groups in total. The van der Waals surface area contributed by atoms with Gasteiger partial charge in [-0.25, -0.2) is 0 Å². The highest BCUT2D eigenvalue weighted by molar-refractivity contribution is 6.30. The fraction of sp³-hybridized carbons (Fsp3) is 0.500. The lowest BCUT2D eigenvalue weighted by Gasteiger charge is -2.39. The number of aliphatic imine (C=N–C) groups is 1. The van der Waals surface area contributed by atoms with Crippen molar-refractivity contribution in [2.24, 2.45) is 16.3 Å². The van der Waals surface area contributed by atoms with Crippen LogP contribution in [0.15, 0.2) is 40.5 Å². The lowest BCUT2D eigenvalue weighted by atomic mass is 9.67. The molecule has 1 aliphatic carbocycles. The van der Waals surface area contributed by atoms with Crippen molar-refractivity contribution in [1.29, 1.82) is 0 Å². The second-order valence-electron chi connectivity index (χ2n) is 8.22. The maximum atomic E-state index is 13.1. The Kier molecular flexibility index (Phi) is 6.06. The maximum Gasteiger partial charge on any atom is 0.315 e. The van der Waals surface area contributed by atoms with Crippen molar-refractivity contribution in [1.82, 2.24) is 0 Å². The molecule has 1 aliphatic heterocycles. The van der Waals surface area contributed by atoms with Crippen LogP contribution in [-0.2, 0) is 19.1 Å². The molecule has 5 nitrogen and oxygen atoms in total. The number of Topliss-reactive ketones (excluding diaryl/α,β-unsaturated/α-hetero) is 1. The third-order valence-corrected chi connectivity index (χ3v) is 5.57. The van der Waals surface area contributed by atoms with Gasteiger partial charge in [0.05, 0.1) is 6.61 Å². The van der Waals surface area contributed by atoms with E-state index in [2.05, 4.69) is 13.8 Å². The summed E-state index contributed by atoms with van der Waals surface area (Å²) in [5.74, 6) is -1.38. The molecule has 6 heteroatoms. The summed E-state index contributed by atoms with van der Waals surface area (Å²) in [6.07, 6.45) is 1.15. The molecular weight excluding hydrogens is 378 g/mol. The Bertz CT molecular complexity index is 839. The molecule has 150 valence electrons. The van der Waals surface area contributed by atoms with Crippen LogP contribution in [-0.4, -0.2) is 37.8 Å². The largest absolute Gasteiger partial charge is 0.463 e. The highest BCUT2D eigenvalue weighted by Crippen LogP contribution is 2.47. The molecule has 2 atom stereocenters. The van der Waals surface area contributed by atoms with Crippen molar-refractivity contribution < 1.29 is 19.1 Å². The summed E-state index contributed by atoms with van der Waals surface area (Å²) in [6.45, 7) is 6.46. The minimum Gasteiger partial charge on any atom is -0.463 e. The molecular formula is C22H26ClNO4. The Balaban J connectivity index is 2.06. The van der Waals surface area contributed by atoms with Crippen LogP contribution in [0.25, 0.3) is 0 Å². The number of rotatable bonds is 5. The van der Waals surface area contributed by atoms with E-state index in [4.69, 9.17) is 26.1 Å². The molecule has 0 bridgehead atoms. The molecule has 1 aromatic carbocycles. The highest BCUT2D eigenvalue weighted by Gasteiger charge is 2.45. The SMILES string of the molecule is COCCOC(=O)C1C(C)=NC2=C(C(=O)CC(C)(C)C2)[C@H]1c1ccc(Cl)cc1. The fourth-order valence-electron chi connectivity index (χ4n) is 4.10. The number of halogens is 1. The summed E-state index contributed by atoms with van der Waals surface area (Å²) in [5.41, 5.74) is 2.83. The number of hydrogen-bond acceptors (Lipinski definition) is 5. The van der Waals surface area contributed by atoms with Crippen LogP contribution in [0.5, 0.6) is 0 Å². The number of allylic oxidation sites excluding steroid dienone is 2. The van der Waals surface area contributed by atoms with Gasteiger partial charge in [-0.15, -0.1) is 0 Å².